The smallest absolute Gasteiger partial charge is 0.332 e. The van der Waals surface area contributed by atoms with Crippen LogP contribution in [0.2, 0.25) is 0 Å². The van der Waals surface area contributed by atoms with E-state index in [0.717, 1.165) is 36.8 Å². The summed E-state index contributed by atoms with van der Waals surface area (Å²) in [5.41, 5.74) is 1.83. The zero-order chi connectivity index (χ0) is 19.3. The number of carbonyl (C=O) groups is 2. The fourth-order valence-electron chi connectivity index (χ4n) is 3.78. The standard InChI is InChI=1S/C23H26O4/c1-3-26-21(24)23(22(25)27-4-2)19-13-7-11-17(15-19)9-5-6-10-18-12-8-14-20(23)16-18/h7-8,11-16H,3-6,9-10H2,1-2H3. The first-order valence-electron chi connectivity index (χ1n) is 9.66. The Morgan fingerprint density at radius 3 is 1.67 bits per heavy atom. The molecule has 3 rings (SSSR count). The summed E-state index contributed by atoms with van der Waals surface area (Å²) in [4.78, 5) is 26.5. The highest BCUT2D eigenvalue weighted by Gasteiger charge is 2.52. The molecule has 0 aliphatic heterocycles. The van der Waals surface area contributed by atoms with Crippen molar-refractivity contribution >= 4 is 11.9 Å². The Morgan fingerprint density at radius 1 is 0.815 bits per heavy atom. The molecule has 0 saturated heterocycles. The summed E-state index contributed by atoms with van der Waals surface area (Å²) in [7, 11) is 0. The van der Waals surface area contributed by atoms with Crippen molar-refractivity contribution < 1.29 is 19.1 Å². The van der Waals surface area contributed by atoms with E-state index < -0.39 is 17.4 Å². The van der Waals surface area contributed by atoms with Gasteiger partial charge in [-0.2, -0.15) is 0 Å². The van der Waals surface area contributed by atoms with Crippen molar-refractivity contribution in [2.45, 2.75) is 44.9 Å². The zero-order valence-corrected chi connectivity index (χ0v) is 16.0. The summed E-state index contributed by atoms with van der Waals surface area (Å²) in [5, 5.41) is 0. The Balaban J connectivity index is 2.33. The van der Waals surface area contributed by atoms with Gasteiger partial charge in [-0.15, -0.1) is 0 Å². The van der Waals surface area contributed by atoms with Crippen molar-refractivity contribution in [3.05, 3.63) is 70.8 Å². The minimum absolute atomic E-state index is 0.194. The highest BCUT2D eigenvalue weighted by Crippen LogP contribution is 2.37. The summed E-state index contributed by atoms with van der Waals surface area (Å²) in [6.07, 6.45) is 3.93. The van der Waals surface area contributed by atoms with E-state index in [0.29, 0.717) is 11.1 Å². The Hall–Kier alpha value is -2.62. The van der Waals surface area contributed by atoms with Crippen molar-refractivity contribution in [1.82, 2.24) is 0 Å². The van der Waals surface area contributed by atoms with Gasteiger partial charge in [-0.3, -0.25) is 9.59 Å². The average Bonchev–Trinajstić information content (AvgIpc) is 2.68. The summed E-state index contributed by atoms with van der Waals surface area (Å²) < 4.78 is 10.8. The molecule has 0 fully saturated rings. The Kier molecular flexibility index (Phi) is 5.94. The van der Waals surface area contributed by atoms with Gasteiger partial charge in [-0.1, -0.05) is 48.5 Å². The summed E-state index contributed by atoms with van der Waals surface area (Å²) >= 11 is 0. The third-order valence-corrected chi connectivity index (χ3v) is 5.06. The van der Waals surface area contributed by atoms with Crippen molar-refractivity contribution in [2.75, 3.05) is 13.2 Å². The number of rotatable bonds is 4. The molecule has 2 aromatic carbocycles. The summed E-state index contributed by atoms with van der Waals surface area (Å²) in [6, 6.07) is 15.4. The topological polar surface area (TPSA) is 52.6 Å². The van der Waals surface area contributed by atoms with Gasteiger partial charge in [0.25, 0.3) is 0 Å². The molecule has 0 spiro atoms. The highest BCUT2D eigenvalue weighted by atomic mass is 16.6. The largest absolute Gasteiger partial charge is 0.465 e. The number of fused-ring (bicyclic) bond motifs is 4. The molecule has 0 amide bonds. The van der Waals surface area contributed by atoms with Gasteiger partial charge < -0.3 is 9.47 Å². The number of hydrogen-bond acceptors (Lipinski definition) is 4. The average molecular weight is 366 g/mol. The molecule has 0 unspecified atom stereocenters. The first-order valence-corrected chi connectivity index (χ1v) is 9.66. The fraction of sp³-hybridized carbons (Fsp3) is 0.391. The number of hydrogen-bond donors (Lipinski definition) is 0. The van der Waals surface area contributed by atoms with Crippen LogP contribution in [0.3, 0.4) is 0 Å². The maximum atomic E-state index is 13.3. The van der Waals surface area contributed by atoms with Crippen molar-refractivity contribution in [3.63, 3.8) is 0 Å². The predicted octanol–water partition coefficient (Wildman–Crippen LogP) is 3.98. The second-order valence-electron chi connectivity index (χ2n) is 6.80. The van der Waals surface area contributed by atoms with E-state index in [1.165, 1.54) is 0 Å². The van der Waals surface area contributed by atoms with Gasteiger partial charge in [0.1, 0.15) is 0 Å². The lowest BCUT2D eigenvalue weighted by Crippen LogP contribution is -2.47. The molecule has 4 heteroatoms. The summed E-state index contributed by atoms with van der Waals surface area (Å²) in [5.74, 6) is -1.17. The van der Waals surface area contributed by atoms with E-state index in [-0.39, 0.29) is 13.2 Å². The Labute approximate surface area is 160 Å². The van der Waals surface area contributed by atoms with Gasteiger partial charge in [-0.25, -0.2) is 0 Å². The van der Waals surface area contributed by atoms with Crippen LogP contribution in [0.5, 0.6) is 0 Å². The minimum Gasteiger partial charge on any atom is -0.465 e. The number of benzene rings is 2. The molecule has 0 atom stereocenters. The normalized spacial score (nSPS) is 15.3. The van der Waals surface area contributed by atoms with Gasteiger partial charge in [-0.05, 0) is 61.8 Å². The third kappa shape index (κ3) is 3.61. The molecule has 1 aliphatic rings. The lowest BCUT2D eigenvalue weighted by molar-refractivity contribution is -0.162. The molecule has 1 aliphatic carbocycles. The Bertz CT molecular complexity index is 755. The van der Waals surface area contributed by atoms with E-state index >= 15 is 0 Å². The van der Waals surface area contributed by atoms with Gasteiger partial charge >= 0.3 is 11.9 Å². The van der Waals surface area contributed by atoms with Crippen LogP contribution in [0.15, 0.2) is 48.5 Å². The molecule has 0 N–H and O–H groups in total. The Morgan fingerprint density at radius 2 is 1.26 bits per heavy atom. The second-order valence-corrected chi connectivity index (χ2v) is 6.80. The van der Waals surface area contributed by atoms with Crippen LogP contribution in [0.25, 0.3) is 0 Å². The van der Waals surface area contributed by atoms with Crippen LogP contribution in [-0.2, 0) is 37.3 Å². The molecule has 4 nitrogen and oxygen atoms in total. The van der Waals surface area contributed by atoms with E-state index in [4.69, 9.17) is 9.47 Å². The van der Waals surface area contributed by atoms with Gasteiger partial charge in [0.15, 0.2) is 0 Å². The first kappa shape index (κ1) is 19.2. The molecule has 27 heavy (non-hydrogen) atoms. The van der Waals surface area contributed by atoms with Crippen LogP contribution in [-0.4, -0.2) is 25.2 Å². The van der Waals surface area contributed by atoms with Gasteiger partial charge in [0.05, 0.1) is 13.2 Å². The maximum absolute atomic E-state index is 13.3. The van der Waals surface area contributed by atoms with Crippen LogP contribution in [0.1, 0.15) is 48.9 Å². The molecule has 0 heterocycles. The maximum Gasteiger partial charge on any atom is 0.332 e. The zero-order valence-electron chi connectivity index (χ0n) is 16.0. The van der Waals surface area contributed by atoms with Crippen molar-refractivity contribution in [3.8, 4) is 0 Å². The molecule has 2 aromatic rings. The third-order valence-electron chi connectivity index (χ3n) is 5.06. The van der Waals surface area contributed by atoms with Crippen LogP contribution < -0.4 is 0 Å². The molecule has 142 valence electrons. The van der Waals surface area contributed by atoms with Crippen LogP contribution in [0, 0.1) is 0 Å². The van der Waals surface area contributed by atoms with Crippen LogP contribution >= 0.6 is 0 Å². The number of carbonyl (C=O) groups excluding carboxylic acids is 2. The summed E-state index contributed by atoms with van der Waals surface area (Å²) in [6.45, 7) is 3.88. The molecular formula is C23H26O4. The molecule has 0 aromatic heterocycles. The first-order chi connectivity index (χ1) is 13.1. The van der Waals surface area contributed by atoms with E-state index in [1.807, 2.05) is 48.5 Å². The van der Waals surface area contributed by atoms with Gasteiger partial charge in [0, 0.05) is 0 Å². The van der Waals surface area contributed by atoms with Crippen LogP contribution in [0.4, 0.5) is 0 Å². The second kappa shape index (κ2) is 8.38. The quantitative estimate of drug-likeness (QED) is 0.607. The highest BCUT2D eigenvalue weighted by molar-refractivity contribution is 6.10. The fourth-order valence-corrected chi connectivity index (χ4v) is 3.78. The van der Waals surface area contributed by atoms with E-state index in [2.05, 4.69) is 0 Å². The predicted molar refractivity (Wildman–Crippen MR) is 104 cm³/mol. The number of ether oxygens (including phenoxy) is 2. The van der Waals surface area contributed by atoms with Crippen molar-refractivity contribution in [2.24, 2.45) is 0 Å². The van der Waals surface area contributed by atoms with E-state index in [9.17, 15) is 9.59 Å². The molecular weight excluding hydrogens is 340 g/mol. The molecule has 0 saturated carbocycles. The van der Waals surface area contributed by atoms with Gasteiger partial charge in [0.2, 0.25) is 5.41 Å². The van der Waals surface area contributed by atoms with E-state index in [1.54, 1.807) is 13.8 Å². The number of esters is 2. The number of aryl methyl sites for hydroxylation is 2. The molecule has 4 bridgehead atoms. The lowest BCUT2D eigenvalue weighted by Gasteiger charge is -2.30. The lowest BCUT2D eigenvalue weighted by atomic mass is 9.73. The van der Waals surface area contributed by atoms with Crippen molar-refractivity contribution in [1.29, 1.82) is 0 Å². The minimum atomic E-state index is -1.61. The molecule has 0 radical (unpaired) electrons. The SMILES string of the molecule is CCOC(=O)C1(C(=O)OCC)c2cccc(c2)CCCCc2cccc1c2. The monoisotopic (exact) mass is 366 g/mol.